The van der Waals surface area contributed by atoms with Crippen molar-refractivity contribution in [3.63, 3.8) is 0 Å². The first-order valence-electron chi connectivity index (χ1n) is 7.25. The molecule has 2 aromatic carbocycles. The molecule has 0 unspecified atom stereocenters. The van der Waals surface area contributed by atoms with Crippen molar-refractivity contribution in [3.8, 4) is 11.3 Å². The van der Waals surface area contributed by atoms with Crippen LogP contribution in [0.3, 0.4) is 0 Å². The van der Waals surface area contributed by atoms with E-state index in [0.29, 0.717) is 17.6 Å². The van der Waals surface area contributed by atoms with Gasteiger partial charge in [-0.2, -0.15) is 0 Å². The van der Waals surface area contributed by atoms with Gasteiger partial charge in [-0.05, 0) is 24.3 Å². The molecule has 0 aliphatic carbocycles. The zero-order chi connectivity index (χ0) is 20.0. The number of nitro benzene ring substituents is 2. The molecule has 0 radical (unpaired) electrons. The van der Waals surface area contributed by atoms with Crippen LogP contribution in [0.25, 0.3) is 11.3 Å². The lowest BCUT2D eigenvalue weighted by Crippen LogP contribution is -1.96. The Bertz CT molecular complexity index is 987. The summed E-state index contributed by atoms with van der Waals surface area (Å²) in [6, 6.07) is 8.37. The zero-order valence-corrected chi connectivity index (χ0v) is 13.6. The van der Waals surface area contributed by atoms with Gasteiger partial charge in [0.25, 0.3) is 11.4 Å². The number of rotatable bonds is 4. The molecule has 0 atom stereocenters. The van der Waals surface area contributed by atoms with E-state index in [9.17, 15) is 25.0 Å². The minimum absolute atomic E-state index is 0.0607. The van der Waals surface area contributed by atoms with Gasteiger partial charge in [-0.15, -0.1) is 0 Å². The molecule has 0 amide bonds. The van der Waals surface area contributed by atoms with Crippen LogP contribution in [0.1, 0.15) is 10.4 Å². The molecule has 1 heterocycles. The second kappa shape index (κ2) is 8.20. The van der Waals surface area contributed by atoms with Crippen molar-refractivity contribution in [2.75, 3.05) is 11.5 Å². The van der Waals surface area contributed by atoms with E-state index >= 15 is 0 Å². The number of carbonyl (C=O) groups excluding carboxylic acids is 1. The normalized spacial score (nSPS) is 9.78. The van der Waals surface area contributed by atoms with E-state index in [1.54, 1.807) is 6.07 Å². The molecule has 11 heteroatoms. The van der Waals surface area contributed by atoms with E-state index in [1.165, 1.54) is 36.9 Å². The van der Waals surface area contributed by atoms with Crippen molar-refractivity contribution in [3.05, 3.63) is 74.8 Å². The number of nitro groups is 2. The number of aromatic nitrogens is 1. The fourth-order valence-electron chi connectivity index (χ4n) is 2.01. The molecule has 0 aliphatic rings. The van der Waals surface area contributed by atoms with Gasteiger partial charge in [0.2, 0.25) is 0 Å². The summed E-state index contributed by atoms with van der Waals surface area (Å²) in [4.78, 5) is 33.7. The van der Waals surface area contributed by atoms with Gasteiger partial charge in [-0.1, -0.05) is 0 Å². The van der Waals surface area contributed by atoms with Crippen LogP contribution in [-0.2, 0) is 0 Å². The Balaban J connectivity index is 0.000000199. The molecule has 0 aliphatic heterocycles. The number of carbonyl (C=O) groups is 1. The van der Waals surface area contributed by atoms with Crippen LogP contribution in [0.4, 0.5) is 22.7 Å². The summed E-state index contributed by atoms with van der Waals surface area (Å²) in [7, 11) is 0. The lowest BCUT2D eigenvalue weighted by Gasteiger charge is -1.99. The first-order valence-corrected chi connectivity index (χ1v) is 7.25. The van der Waals surface area contributed by atoms with Gasteiger partial charge in [0, 0.05) is 23.3 Å². The second-order valence-electron chi connectivity index (χ2n) is 5.09. The number of anilines is 2. The van der Waals surface area contributed by atoms with E-state index < -0.39 is 9.85 Å². The molecule has 0 saturated carbocycles. The fourth-order valence-corrected chi connectivity index (χ4v) is 2.01. The van der Waals surface area contributed by atoms with Gasteiger partial charge in [0.05, 0.1) is 16.0 Å². The van der Waals surface area contributed by atoms with Crippen LogP contribution in [0.2, 0.25) is 0 Å². The monoisotopic (exact) mass is 371 g/mol. The van der Waals surface area contributed by atoms with E-state index in [2.05, 4.69) is 4.98 Å². The van der Waals surface area contributed by atoms with Crippen LogP contribution in [0.5, 0.6) is 0 Å². The van der Waals surface area contributed by atoms with Gasteiger partial charge in [-0.25, -0.2) is 4.98 Å². The summed E-state index contributed by atoms with van der Waals surface area (Å²) in [5, 5.41) is 20.9. The number of hydrogen-bond donors (Lipinski definition) is 2. The largest absolute Gasteiger partial charge is 0.444 e. The number of hydrogen-bond acceptors (Lipinski definition) is 9. The van der Waals surface area contributed by atoms with Crippen molar-refractivity contribution in [1.82, 2.24) is 4.98 Å². The van der Waals surface area contributed by atoms with Gasteiger partial charge in [-0.3, -0.25) is 25.0 Å². The smallest absolute Gasteiger partial charge is 0.292 e. The molecule has 138 valence electrons. The topological polar surface area (TPSA) is 181 Å². The standard InChI is InChI=1S/C9H7N3O3.C7H6N2O3/c10-7-2-1-6(3-8(7)12(13)14)9-4-11-5-15-9;8-6-2-1-5(4-10)3-7(6)9(11)12/h1-5H,10H2;1-4H,8H2. The maximum atomic E-state index is 10.6. The van der Waals surface area contributed by atoms with Crippen LogP contribution in [-0.4, -0.2) is 21.1 Å². The molecule has 4 N–H and O–H groups in total. The van der Waals surface area contributed by atoms with E-state index in [0.717, 1.165) is 6.07 Å². The first-order chi connectivity index (χ1) is 12.8. The Labute approximate surface area is 151 Å². The molecule has 1 aromatic heterocycles. The lowest BCUT2D eigenvalue weighted by atomic mass is 10.1. The maximum Gasteiger partial charge on any atom is 0.292 e. The number of nitrogens with zero attached hydrogens (tertiary/aromatic N) is 3. The summed E-state index contributed by atoms with van der Waals surface area (Å²) >= 11 is 0. The molecular weight excluding hydrogens is 358 g/mol. The van der Waals surface area contributed by atoms with E-state index in [4.69, 9.17) is 15.9 Å². The summed E-state index contributed by atoms with van der Waals surface area (Å²) in [5.74, 6) is 0.470. The highest BCUT2D eigenvalue weighted by atomic mass is 16.6. The number of benzene rings is 2. The van der Waals surface area contributed by atoms with Crippen LogP contribution < -0.4 is 11.5 Å². The Morgan fingerprint density at radius 1 is 0.963 bits per heavy atom. The summed E-state index contributed by atoms with van der Waals surface area (Å²) in [6.07, 6.45) is 3.28. The van der Waals surface area contributed by atoms with Gasteiger partial charge in [0.1, 0.15) is 17.7 Å². The summed E-state index contributed by atoms with van der Waals surface area (Å²) < 4.78 is 5.02. The quantitative estimate of drug-likeness (QED) is 0.301. The molecule has 0 fully saturated rings. The minimum atomic E-state index is -0.623. The molecular formula is C16H13N5O6. The molecule has 0 saturated heterocycles. The maximum absolute atomic E-state index is 10.6. The second-order valence-corrected chi connectivity index (χ2v) is 5.09. The SMILES string of the molecule is Nc1ccc(-c2cnco2)cc1[N+](=O)[O-].Nc1ccc(C=O)cc1[N+](=O)[O-]. The molecule has 27 heavy (non-hydrogen) atoms. The Hall–Kier alpha value is -4.28. The lowest BCUT2D eigenvalue weighted by molar-refractivity contribution is -0.384. The van der Waals surface area contributed by atoms with Crippen LogP contribution in [0, 0.1) is 20.2 Å². The molecule has 0 spiro atoms. The molecule has 0 bridgehead atoms. The highest BCUT2D eigenvalue weighted by Gasteiger charge is 2.14. The Morgan fingerprint density at radius 2 is 1.56 bits per heavy atom. The average Bonchev–Trinajstić information content (AvgIpc) is 3.17. The first kappa shape index (κ1) is 19.1. The number of nitrogen functional groups attached to an aromatic ring is 2. The predicted molar refractivity (Wildman–Crippen MR) is 95.9 cm³/mol. The van der Waals surface area contributed by atoms with Crippen molar-refractivity contribution >= 4 is 29.0 Å². The average molecular weight is 371 g/mol. The predicted octanol–water partition coefficient (Wildman–Crippen LogP) is 2.82. The summed E-state index contributed by atoms with van der Waals surface area (Å²) in [6.45, 7) is 0. The van der Waals surface area contributed by atoms with Gasteiger partial charge < -0.3 is 15.9 Å². The number of nitrogens with two attached hydrogens (primary N) is 2. The Kier molecular flexibility index (Phi) is 5.79. The summed E-state index contributed by atoms with van der Waals surface area (Å²) in [5.41, 5.74) is 11.4. The molecule has 3 rings (SSSR count). The number of aldehydes is 1. The third-order valence-electron chi connectivity index (χ3n) is 3.33. The zero-order valence-electron chi connectivity index (χ0n) is 13.6. The minimum Gasteiger partial charge on any atom is -0.444 e. The van der Waals surface area contributed by atoms with Crippen molar-refractivity contribution < 1.29 is 19.1 Å². The fraction of sp³-hybridized carbons (Fsp3) is 0. The highest BCUT2D eigenvalue weighted by Crippen LogP contribution is 2.28. The Morgan fingerprint density at radius 3 is 2.07 bits per heavy atom. The highest BCUT2D eigenvalue weighted by molar-refractivity contribution is 5.78. The van der Waals surface area contributed by atoms with E-state index in [1.807, 2.05) is 0 Å². The number of oxazole rings is 1. The van der Waals surface area contributed by atoms with Crippen molar-refractivity contribution in [2.24, 2.45) is 0 Å². The van der Waals surface area contributed by atoms with Crippen molar-refractivity contribution in [2.45, 2.75) is 0 Å². The van der Waals surface area contributed by atoms with Crippen LogP contribution >= 0.6 is 0 Å². The third kappa shape index (κ3) is 4.63. The van der Waals surface area contributed by atoms with Crippen molar-refractivity contribution in [1.29, 1.82) is 0 Å². The molecule has 11 nitrogen and oxygen atoms in total. The van der Waals surface area contributed by atoms with Crippen LogP contribution in [0.15, 0.2) is 53.4 Å². The molecule has 3 aromatic rings. The van der Waals surface area contributed by atoms with Gasteiger partial charge >= 0.3 is 0 Å². The van der Waals surface area contributed by atoms with Gasteiger partial charge in [0.15, 0.2) is 12.2 Å². The third-order valence-corrected chi connectivity index (χ3v) is 3.33. The van der Waals surface area contributed by atoms with E-state index in [-0.39, 0.29) is 28.3 Å².